The predicted molar refractivity (Wildman–Crippen MR) is 70.8 cm³/mol. The molecule has 2 atom stereocenters. The van der Waals surface area contributed by atoms with Crippen LogP contribution in [0.5, 0.6) is 0 Å². The van der Waals surface area contributed by atoms with Crippen molar-refractivity contribution in [1.29, 1.82) is 0 Å². The van der Waals surface area contributed by atoms with E-state index in [2.05, 4.69) is 6.92 Å². The number of likely N-dealkylation sites (tertiary alicyclic amines) is 1. The molecular formula is C13H15Cl2NO. The van der Waals surface area contributed by atoms with Gasteiger partial charge in [0.2, 0.25) is 0 Å². The van der Waals surface area contributed by atoms with Gasteiger partial charge in [-0.25, -0.2) is 0 Å². The van der Waals surface area contributed by atoms with E-state index in [-0.39, 0.29) is 11.9 Å². The SMILES string of the molecule is CC1CCN(C(=O)c2ccccc2Cl)C1CCl. The Morgan fingerprint density at radius 3 is 2.82 bits per heavy atom. The molecule has 1 aromatic carbocycles. The van der Waals surface area contributed by atoms with Crippen molar-refractivity contribution in [3.8, 4) is 0 Å². The van der Waals surface area contributed by atoms with E-state index in [9.17, 15) is 4.79 Å². The van der Waals surface area contributed by atoms with Gasteiger partial charge in [-0.15, -0.1) is 11.6 Å². The fourth-order valence-corrected chi connectivity index (χ4v) is 2.97. The highest BCUT2D eigenvalue weighted by Gasteiger charge is 2.34. The smallest absolute Gasteiger partial charge is 0.255 e. The van der Waals surface area contributed by atoms with Crippen LogP contribution in [-0.2, 0) is 0 Å². The Morgan fingerprint density at radius 1 is 1.47 bits per heavy atom. The van der Waals surface area contributed by atoms with Gasteiger partial charge in [0.15, 0.2) is 0 Å². The van der Waals surface area contributed by atoms with Crippen molar-refractivity contribution < 1.29 is 4.79 Å². The quantitative estimate of drug-likeness (QED) is 0.755. The van der Waals surface area contributed by atoms with Gasteiger partial charge >= 0.3 is 0 Å². The molecule has 0 bridgehead atoms. The summed E-state index contributed by atoms with van der Waals surface area (Å²) >= 11 is 12.0. The molecule has 2 nitrogen and oxygen atoms in total. The standard InChI is InChI=1S/C13H15Cl2NO/c1-9-6-7-16(12(9)8-14)13(17)10-4-2-3-5-11(10)15/h2-5,9,12H,6-8H2,1H3. The van der Waals surface area contributed by atoms with Crippen LogP contribution in [0.4, 0.5) is 0 Å². The number of carbonyl (C=O) groups is 1. The second-order valence-electron chi connectivity index (χ2n) is 4.47. The molecule has 0 N–H and O–H groups in total. The van der Waals surface area contributed by atoms with Crippen molar-refractivity contribution in [3.05, 3.63) is 34.9 Å². The monoisotopic (exact) mass is 271 g/mol. The summed E-state index contributed by atoms with van der Waals surface area (Å²) < 4.78 is 0. The second-order valence-corrected chi connectivity index (χ2v) is 5.18. The van der Waals surface area contributed by atoms with Crippen LogP contribution in [0, 0.1) is 5.92 Å². The van der Waals surface area contributed by atoms with Crippen LogP contribution in [-0.4, -0.2) is 29.3 Å². The lowest BCUT2D eigenvalue weighted by Crippen LogP contribution is -2.38. The summed E-state index contributed by atoms with van der Waals surface area (Å²) in [5.41, 5.74) is 0.568. The lowest BCUT2D eigenvalue weighted by Gasteiger charge is -2.25. The molecule has 0 spiro atoms. The minimum atomic E-state index is -0.00870. The van der Waals surface area contributed by atoms with Crippen LogP contribution < -0.4 is 0 Å². The van der Waals surface area contributed by atoms with Crippen molar-refractivity contribution in [1.82, 2.24) is 4.90 Å². The van der Waals surface area contributed by atoms with E-state index in [0.717, 1.165) is 13.0 Å². The Kier molecular flexibility index (Phi) is 3.95. The molecule has 1 aromatic rings. The average molecular weight is 272 g/mol. The number of halogens is 2. The van der Waals surface area contributed by atoms with E-state index in [4.69, 9.17) is 23.2 Å². The molecule has 2 unspecified atom stereocenters. The first kappa shape index (κ1) is 12.7. The zero-order valence-electron chi connectivity index (χ0n) is 9.70. The van der Waals surface area contributed by atoms with Gasteiger partial charge in [0.05, 0.1) is 10.6 Å². The maximum atomic E-state index is 12.4. The summed E-state index contributed by atoms with van der Waals surface area (Å²) in [6.07, 6.45) is 1.01. The van der Waals surface area contributed by atoms with Crippen molar-refractivity contribution in [3.63, 3.8) is 0 Å². The lowest BCUT2D eigenvalue weighted by atomic mass is 10.0. The van der Waals surface area contributed by atoms with E-state index in [1.165, 1.54) is 0 Å². The van der Waals surface area contributed by atoms with Gasteiger partial charge in [0, 0.05) is 18.5 Å². The van der Waals surface area contributed by atoms with Crippen molar-refractivity contribution in [2.24, 2.45) is 5.92 Å². The first-order valence-corrected chi connectivity index (χ1v) is 6.68. The highest BCUT2D eigenvalue weighted by Crippen LogP contribution is 2.28. The highest BCUT2D eigenvalue weighted by atomic mass is 35.5. The van der Waals surface area contributed by atoms with Crippen LogP contribution in [0.25, 0.3) is 0 Å². The minimum absolute atomic E-state index is 0.00870. The first-order chi connectivity index (χ1) is 8.15. The molecular weight excluding hydrogens is 257 g/mol. The molecule has 1 saturated heterocycles. The Hall–Kier alpha value is -0.730. The summed E-state index contributed by atoms with van der Waals surface area (Å²) in [7, 11) is 0. The number of amides is 1. The molecule has 1 amide bonds. The number of hydrogen-bond acceptors (Lipinski definition) is 1. The maximum absolute atomic E-state index is 12.4. The van der Waals surface area contributed by atoms with Crippen LogP contribution in [0.2, 0.25) is 5.02 Å². The Labute approximate surface area is 112 Å². The Bertz CT molecular complexity index is 422. The average Bonchev–Trinajstić information content (AvgIpc) is 2.70. The van der Waals surface area contributed by atoms with E-state index in [1.54, 1.807) is 12.1 Å². The summed E-state index contributed by atoms with van der Waals surface area (Å²) in [6.45, 7) is 2.90. The second kappa shape index (κ2) is 5.28. The molecule has 2 rings (SSSR count). The Balaban J connectivity index is 2.24. The van der Waals surface area contributed by atoms with Gasteiger partial charge < -0.3 is 4.90 Å². The number of alkyl halides is 1. The lowest BCUT2D eigenvalue weighted by molar-refractivity contribution is 0.0737. The third kappa shape index (κ3) is 2.43. The van der Waals surface area contributed by atoms with Crippen molar-refractivity contribution in [2.45, 2.75) is 19.4 Å². The largest absolute Gasteiger partial charge is 0.334 e. The summed E-state index contributed by atoms with van der Waals surface area (Å²) in [5, 5.41) is 0.505. The van der Waals surface area contributed by atoms with Gasteiger partial charge in [-0.3, -0.25) is 4.79 Å². The third-order valence-corrected chi connectivity index (χ3v) is 4.05. The van der Waals surface area contributed by atoms with Crippen LogP contribution >= 0.6 is 23.2 Å². The number of nitrogens with zero attached hydrogens (tertiary/aromatic N) is 1. The molecule has 0 aliphatic carbocycles. The zero-order chi connectivity index (χ0) is 12.4. The van der Waals surface area contributed by atoms with Crippen LogP contribution in [0.15, 0.2) is 24.3 Å². The topological polar surface area (TPSA) is 20.3 Å². The molecule has 0 saturated carbocycles. The molecule has 1 fully saturated rings. The number of carbonyl (C=O) groups excluding carboxylic acids is 1. The van der Waals surface area contributed by atoms with E-state index in [0.29, 0.717) is 22.4 Å². The van der Waals surface area contributed by atoms with E-state index < -0.39 is 0 Å². The van der Waals surface area contributed by atoms with Gasteiger partial charge in [-0.2, -0.15) is 0 Å². The van der Waals surface area contributed by atoms with Crippen molar-refractivity contribution >= 4 is 29.1 Å². The van der Waals surface area contributed by atoms with Crippen LogP contribution in [0.1, 0.15) is 23.7 Å². The fourth-order valence-electron chi connectivity index (χ4n) is 2.29. The normalized spacial score (nSPS) is 24.1. The van der Waals surface area contributed by atoms with E-state index in [1.807, 2.05) is 17.0 Å². The molecule has 0 aromatic heterocycles. The molecule has 1 heterocycles. The maximum Gasteiger partial charge on any atom is 0.255 e. The molecule has 17 heavy (non-hydrogen) atoms. The van der Waals surface area contributed by atoms with Gasteiger partial charge in [0.25, 0.3) is 5.91 Å². The van der Waals surface area contributed by atoms with Gasteiger partial charge in [-0.05, 0) is 24.5 Å². The predicted octanol–water partition coefficient (Wildman–Crippen LogP) is 3.43. The summed E-state index contributed by atoms with van der Waals surface area (Å²) in [6, 6.07) is 7.28. The molecule has 92 valence electrons. The third-order valence-electron chi connectivity index (χ3n) is 3.41. The summed E-state index contributed by atoms with van der Waals surface area (Å²) in [4.78, 5) is 14.2. The number of rotatable bonds is 2. The number of benzene rings is 1. The molecule has 4 heteroatoms. The first-order valence-electron chi connectivity index (χ1n) is 5.76. The molecule has 1 aliphatic heterocycles. The van der Waals surface area contributed by atoms with Gasteiger partial charge in [0.1, 0.15) is 0 Å². The van der Waals surface area contributed by atoms with Crippen LogP contribution in [0.3, 0.4) is 0 Å². The van der Waals surface area contributed by atoms with E-state index >= 15 is 0 Å². The van der Waals surface area contributed by atoms with Crippen molar-refractivity contribution in [2.75, 3.05) is 12.4 Å². The fraction of sp³-hybridized carbons (Fsp3) is 0.462. The summed E-state index contributed by atoms with van der Waals surface area (Å²) in [5.74, 6) is 0.932. The highest BCUT2D eigenvalue weighted by molar-refractivity contribution is 6.33. The van der Waals surface area contributed by atoms with Gasteiger partial charge in [-0.1, -0.05) is 30.7 Å². The minimum Gasteiger partial charge on any atom is -0.334 e. The molecule has 1 aliphatic rings. The molecule has 0 radical (unpaired) electrons. The zero-order valence-corrected chi connectivity index (χ0v) is 11.2. The Morgan fingerprint density at radius 2 is 2.18 bits per heavy atom. The number of hydrogen-bond donors (Lipinski definition) is 0.